The molecule has 0 aliphatic heterocycles. The predicted octanol–water partition coefficient (Wildman–Crippen LogP) is 5.47. The van der Waals surface area contributed by atoms with Crippen molar-refractivity contribution in [2.75, 3.05) is 0 Å². The van der Waals surface area contributed by atoms with E-state index in [9.17, 15) is 4.79 Å². The van der Waals surface area contributed by atoms with Crippen LogP contribution in [0.25, 0.3) is 28.0 Å². The van der Waals surface area contributed by atoms with Gasteiger partial charge in [-0.05, 0) is 41.5 Å². The molecule has 0 spiro atoms. The van der Waals surface area contributed by atoms with E-state index in [4.69, 9.17) is 23.2 Å². The van der Waals surface area contributed by atoms with Crippen molar-refractivity contribution in [1.29, 1.82) is 0 Å². The first-order chi connectivity index (χ1) is 18.1. The van der Waals surface area contributed by atoms with Crippen LogP contribution < -0.4 is 5.32 Å². The summed E-state index contributed by atoms with van der Waals surface area (Å²) in [6.07, 6.45) is 7.81. The monoisotopic (exact) mass is 532 g/mol. The number of carbonyl (C=O) groups is 1. The molecule has 5 aromatic rings. The number of rotatable bonds is 5. The molecular weight excluding hydrogens is 511 g/mol. The Morgan fingerprint density at radius 1 is 0.973 bits per heavy atom. The normalized spacial score (nSPS) is 15.1. The van der Waals surface area contributed by atoms with E-state index in [1.165, 1.54) is 0 Å². The number of aromatic nitrogens is 7. The zero-order valence-corrected chi connectivity index (χ0v) is 21.2. The molecule has 11 heteroatoms. The fraction of sp³-hybridized carbons (Fsp3) is 0.231. The summed E-state index contributed by atoms with van der Waals surface area (Å²) in [6, 6.07) is 15.0. The van der Waals surface area contributed by atoms with Crippen LogP contribution in [0.5, 0.6) is 0 Å². The zero-order chi connectivity index (χ0) is 25.4. The van der Waals surface area contributed by atoms with Gasteiger partial charge in [-0.3, -0.25) is 4.79 Å². The Bertz CT molecular complexity index is 1570. The fourth-order valence-electron chi connectivity index (χ4n) is 5.08. The first-order valence-electron chi connectivity index (χ1n) is 12.0. The topological polar surface area (TPSA) is 114 Å². The van der Waals surface area contributed by atoms with Crippen molar-refractivity contribution < 1.29 is 4.79 Å². The number of halogens is 2. The third-order valence-corrected chi connectivity index (χ3v) is 7.49. The van der Waals surface area contributed by atoms with Crippen molar-refractivity contribution in [2.24, 2.45) is 0 Å². The van der Waals surface area contributed by atoms with Crippen molar-refractivity contribution in [1.82, 2.24) is 40.5 Å². The number of fused-ring (bicyclic) bond motifs is 1. The highest BCUT2D eigenvalue weighted by molar-refractivity contribution is 6.33. The summed E-state index contributed by atoms with van der Waals surface area (Å²) in [4.78, 5) is 18.3. The largest absolute Gasteiger partial charge is 0.339 e. The van der Waals surface area contributed by atoms with Crippen LogP contribution in [0, 0.1) is 0 Å². The molecule has 2 N–H and O–H groups in total. The average Bonchev–Trinajstić information content (AvgIpc) is 3.61. The van der Waals surface area contributed by atoms with E-state index in [1.807, 2.05) is 48.5 Å². The number of tetrazole rings is 1. The second kappa shape index (κ2) is 9.57. The minimum atomic E-state index is -0.663. The molecule has 1 amide bonds. The van der Waals surface area contributed by atoms with E-state index in [2.05, 4.69) is 36.0 Å². The van der Waals surface area contributed by atoms with Gasteiger partial charge in [0.25, 0.3) is 5.91 Å². The van der Waals surface area contributed by atoms with Crippen molar-refractivity contribution in [3.63, 3.8) is 0 Å². The molecule has 0 unspecified atom stereocenters. The Hall–Kier alpha value is -3.82. The molecule has 0 atom stereocenters. The Morgan fingerprint density at radius 3 is 2.49 bits per heavy atom. The summed E-state index contributed by atoms with van der Waals surface area (Å²) in [6.45, 7) is 0. The lowest BCUT2D eigenvalue weighted by molar-refractivity contribution is 0.0859. The van der Waals surface area contributed by atoms with Gasteiger partial charge < -0.3 is 5.32 Å². The van der Waals surface area contributed by atoms with Crippen LogP contribution in [0.2, 0.25) is 10.0 Å². The van der Waals surface area contributed by atoms with Gasteiger partial charge in [0.05, 0.1) is 11.9 Å². The summed E-state index contributed by atoms with van der Waals surface area (Å²) in [7, 11) is 0. The molecule has 0 saturated heterocycles. The van der Waals surface area contributed by atoms with Crippen LogP contribution in [-0.4, -0.2) is 41.1 Å². The standard InChI is InChI=1S/C26H22Cl2N8O/c27-17-10-8-16(9-11-17)22-19(18-6-2-3-7-21(18)28)14-29-23-20(15-30-36(22)23)24(37)31-26(12-4-1-5-13-26)25-32-34-35-33-25/h2-3,6-11,14-15H,1,4-5,12-13H2,(H,31,37)(H,32,33,34,35). The van der Waals surface area contributed by atoms with Crippen LogP contribution in [0.1, 0.15) is 48.3 Å². The molecule has 186 valence electrons. The number of H-pyrrole nitrogens is 1. The Balaban J connectivity index is 1.47. The van der Waals surface area contributed by atoms with Gasteiger partial charge in [-0.1, -0.05) is 72.8 Å². The average molecular weight is 533 g/mol. The summed E-state index contributed by atoms with van der Waals surface area (Å²) in [5.74, 6) is 0.279. The molecule has 37 heavy (non-hydrogen) atoms. The lowest BCUT2D eigenvalue weighted by Gasteiger charge is -2.35. The zero-order valence-electron chi connectivity index (χ0n) is 19.7. The quantitative estimate of drug-likeness (QED) is 0.310. The van der Waals surface area contributed by atoms with Gasteiger partial charge in [0.2, 0.25) is 0 Å². The van der Waals surface area contributed by atoms with Gasteiger partial charge in [-0.25, -0.2) is 14.6 Å². The number of carbonyl (C=O) groups excluding carboxylic acids is 1. The van der Waals surface area contributed by atoms with Crippen LogP contribution in [0.3, 0.4) is 0 Å². The van der Waals surface area contributed by atoms with Crippen LogP contribution in [0.4, 0.5) is 0 Å². The van der Waals surface area contributed by atoms with Gasteiger partial charge in [-0.2, -0.15) is 5.10 Å². The second-order valence-corrected chi connectivity index (χ2v) is 9.99. The SMILES string of the molecule is O=C(NC1(c2nnn[nH]2)CCCCC1)c1cnn2c(-c3ccc(Cl)cc3)c(-c3ccccc3Cl)cnc12. The van der Waals surface area contributed by atoms with Crippen molar-refractivity contribution in [3.05, 3.63) is 82.4 Å². The highest BCUT2D eigenvalue weighted by Crippen LogP contribution is 2.38. The molecule has 0 bridgehead atoms. The van der Waals surface area contributed by atoms with Gasteiger partial charge in [0.1, 0.15) is 11.1 Å². The van der Waals surface area contributed by atoms with Gasteiger partial charge >= 0.3 is 0 Å². The number of aromatic amines is 1. The Morgan fingerprint density at radius 2 is 1.76 bits per heavy atom. The van der Waals surface area contributed by atoms with Crippen LogP contribution in [0.15, 0.2) is 60.9 Å². The molecule has 6 rings (SSSR count). The number of benzene rings is 2. The third kappa shape index (κ3) is 4.24. The lowest BCUT2D eigenvalue weighted by atomic mass is 9.81. The van der Waals surface area contributed by atoms with Crippen molar-refractivity contribution >= 4 is 34.8 Å². The smallest absolute Gasteiger partial charge is 0.257 e. The fourth-order valence-corrected chi connectivity index (χ4v) is 5.44. The summed E-state index contributed by atoms with van der Waals surface area (Å²) in [5, 5.41) is 23.5. The third-order valence-electron chi connectivity index (χ3n) is 6.91. The molecule has 2 aromatic carbocycles. The van der Waals surface area contributed by atoms with E-state index in [0.717, 1.165) is 54.5 Å². The molecule has 1 aliphatic rings. The number of hydrogen-bond acceptors (Lipinski definition) is 6. The van der Waals surface area contributed by atoms with E-state index in [0.29, 0.717) is 27.1 Å². The Kier molecular flexibility index (Phi) is 6.10. The maximum atomic E-state index is 13.7. The number of hydrogen-bond donors (Lipinski definition) is 2. The highest BCUT2D eigenvalue weighted by atomic mass is 35.5. The number of amides is 1. The van der Waals surface area contributed by atoms with Gasteiger partial charge in [-0.15, -0.1) is 5.10 Å². The summed E-state index contributed by atoms with van der Waals surface area (Å²) >= 11 is 12.7. The van der Waals surface area contributed by atoms with E-state index in [-0.39, 0.29) is 5.91 Å². The summed E-state index contributed by atoms with van der Waals surface area (Å²) < 4.78 is 1.68. The molecule has 0 radical (unpaired) electrons. The summed E-state index contributed by atoms with van der Waals surface area (Å²) in [5.41, 5.74) is 3.33. The van der Waals surface area contributed by atoms with Crippen molar-refractivity contribution in [3.8, 4) is 22.4 Å². The number of nitrogens with one attached hydrogen (secondary N) is 2. The van der Waals surface area contributed by atoms with E-state index in [1.54, 1.807) is 16.9 Å². The van der Waals surface area contributed by atoms with Crippen LogP contribution in [-0.2, 0) is 5.54 Å². The number of nitrogens with zero attached hydrogens (tertiary/aromatic N) is 6. The molecule has 9 nitrogen and oxygen atoms in total. The maximum Gasteiger partial charge on any atom is 0.257 e. The highest BCUT2D eigenvalue weighted by Gasteiger charge is 2.39. The van der Waals surface area contributed by atoms with Crippen LogP contribution >= 0.6 is 23.2 Å². The van der Waals surface area contributed by atoms with Gasteiger partial charge in [0, 0.05) is 32.9 Å². The molecule has 1 fully saturated rings. The Labute approximate surface area is 222 Å². The first-order valence-corrected chi connectivity index (χ1v) is 12.8. The predicted molar refractivity (Wildman–Crippen MR) is 140 cm³/mol. The second-order valence-electron chi connectivity index (χ2n) is 9.15. The van der Waals surface area contributed by atoms with E-state index < -0.39 is 5.54 Å². The lowest BCUT2D eigenvalue weighted by Crippen LogP contribution is -2.48. The molecular formula is C26H22Cl2N8O. The van der Waals surface area contributed by atoms with E-state index >= 15 is 0 Å². The minimum absolute atomic E-state index is 0.284. The first kappa shape index (κ1) is 23.6. The van der Waals surface area contributed by atoms with Gasteiger partial charge in [0.15, 0.2) is 11.5 Å². The molecule has 1 saturated carbocycles. The minimum Gasteiger partial charge on any atom is -0.339 e. The molecule has 3 aromatic heterocycles. The van der Waals surface area contributed by atoms with Crippen molar-refractivity contribution in [2.45, 2.75) is 37.6 Å². The maximum absolute atomic E-state index is 13.7. The molecule has 3 heterocycles. The molecule has 1 aliphatic carbocycles.